The molecule has 3 fully saturated rings. The van der Waals surface area contributed by atoms with Gasteiger partial charge in [0, 0.05) is 6.61 Å². The third-order valence-electron chi connectivity index (χ3n) is 9.85. The number of hydrogen-bond acceptors (Lipinski definition) is 1. The Morgan fingerprint density at radius 1 is 0.559 bits per heavy atom. The van der Waals surface area contributed by atoms with E-state index >= 15 is 0 Å². The first-order valence-electron chi connectivity index (χ1n) is 15.5. The Kier molecular flexibility index (Phi) is 10.9. The summed E-state index contributed by atoms with van der Waals surface area (Å²) in [5.41, 5.74) is 3.20. The summed E-state index contributed by atoms with van der Waals surface area (Å²) in [5, 5.41) is 0. The van der Waals surface area contributed by atoms with Gasteiger partial charge in [0.25, 0.3) is 0 Å². The maximum Gasteiger partial charge on any atom is 0.0575 e. The van der Waals surface area contributed by atoms with Crippen molar-refractivity contribution < 1.29 is 4.74 Å². The summed E-state index contributed by atoms with van der Waals surface area (Å²) < 4.78 is 6.44. The van der Waals surface area contributed by atoms with Gasteiger partial charge in [0.2, 0.25) is 0 Å². The molecule has 34 heavy (non-hydrogen) atoms. The summed E-state index contributed by atoms with van der Waals surface area (Å²) in [6, 6.07) is 9.91. The van der Waals surface area contributed by atoms with Crippen LogP contribution in [0.1, 0.15) is 152 Å². The van der Waals surface area contributed by atoms with E-state index in [9.17, 15) is 0 Å². The van der Waals surface area contributed by atoms with Crippen molar-refractivity contribution in [3.8, 4) is 0 Å². The molecule has 3 aliphatic carbocycles. The maximum atomic E-state index is 6.44. The van der Waals surface area contributed by atoms with Gasteiger partial charge in [-0.25, -0.2) is 0 Å². The third kappa shape index (κ3) is 7.84. The predicted molar refractivity (Wildman–Crippen MR) is 147 cm³/mol. The van der Waals surface area contributed by atoms with Crippen LogP contribution in [0.25, 0.3) is 0 Å². The lowest BCUT2D eigenvalue weighted by molar-refractivity contribution is -0.00479. The number of benzene rings is 1. The Morgan fingerprint density at radius 2 is 1.06 bits per heavy atom. The van der Waals surface area contributed by atoms with Crippen LogP contribution in [0.15, 0.2) is 24.3 Å². The van der Waals surface area contributed by atoms with Crippen LogP contribution in [0, 0.1) is 17.8 Å². The van der Waals surface area contributed by atoms with Crippen LogP contribution in [0.4, 0.5) is 0 Å². The fourth-order valence-corrected chi connectivity index (χ4v) is 7.44. The van der Waals surface area contributed by atoms with Gasteiger partial charge < -0.3 is 4.74 Å². The number of unbranched alkanes of at least 4 members (excludes halogenated alkanes) is 2. The topological polar surface area (TPSA) is 9.23 Å². The first kappa shape index (κ1) is 26.2. The molecule has 4 rings (SSSR count). The summed E-state index contributed by atoms with van der Waals surface area (Å²) in [6.07, 6.45) is 25.7. The third-order valence-corrected chi connectivity index (χ3v) is 9.85. The predicted octanol–water partition coefficient (Wildman–Crippen LogP) is 10.2. The van der Waals surface area contributed by atoms with Gasteiger partial charge >= 0.3 is 0 Å². The molecular formula is C33H54O. The zero-order valence-corrected chi connectivity index (χ0v) is 22.6. The van der Waals surface area contributed by atoms with Crippen LogP contribution in [-0.4, -0.2) is 12.7 Å². The lowest BCUT2D eigenvalue weighted by Gasteiger charge is -2.32. The van der Waals surface area contributed by atoms with Crippen LogP contribution < -0.4 is 0 Å². The van der Waals surface area contributed by atoms with Gasteiger partial charge in [0.05, 0.1) is 6.10 Å². The standard InChI is InChI=1S/C33H54O/c1-3-5-6-8-27-13-15-29(16-14-27)30-17-19-31(20-18-30)32-21-23-33(24-22-32)34-25-28-11-9-26(7-4-2)10-12-28/h17-20,26-29,32-33H,3-16,21-25H2,1-2H3. The molecule has 0 aromatic heterocycles. The van der Waals surface area contributed by atoms with E-state index < -0.39 is 0 Å². The highest BCUT2D eigenvalue weighted by molar-refractivity contribution is 5.28. The van der Waals surface area contributed by atoms with Crippen molar-refractivity contribution in [1.82, 2.24) is 0 Å². The Labute approximate surface area is 211 Å². The molecule has 0 atom stereocenters. The summed E-state index contributed by atoms with van der Waals surface area (Å²) in [5.74, 6) is 4.43. The molecule has 0 unspecified atom stereocenters. The normalized spacial score (nSPS) is 32.5. The van der Waals surface area contributed by atoms with Gasteiger partial charge in [0.15, 0.2) is 0 Å². The van der Waals surface area contributed by atoms with E-state index in [-0.39, 0.29) is 0 Å². The minimum absolute atomic E-state index is 0.524. The molecule has 0 aliphatic heterocycles. The van der Waals surface area contributed by atoms with E-state index in [1.54, 1.807) is 11.1 Å². The van der Waals surface area contributed by atoms with Crippen LogP contribution in [-0.2, 0) is 4.74 Å². The van der Waals surface area contributed by atoms with Crippen LogP contribution in [0.5, 0.6) is 0 Å². The SMILES string of the molecule is CCCCCC1CCC(c2ccc(C3CCC(OCC4CCC(CCC)CC4)CC3)cc2)CC1. The first-order chi connectivity index (χ1) is 16.7. The monoisotopic (exact) mass is 466 g/mol. The summed E-state index contributed by atoms with van der Waals surface area (Å²) >= 11 is 0. The Hall–Kier alpha value is -0.820. The second-order valence-electron chi connectivity index (χ2n) is 12.4. The minimum atomic E-state index is 0.524. The average molecular weight is 467 g/mol. The number of ether oxygens (including phenoxy) is 1. The molecule has 0 amide bonds. The molecule has 0 heterocycles. The van der Waals surface area contributed by atoms with Gasteiger partial charge in [-0.1, -0.05) is 89.5 Å². The summed E-state index contributed by atoms with van der Waals surface area (Å²) in [7, 11) is 0. The smallest absolute Gasteiger partial charge is 0.0575 e. The quantitative estimate of drug-likeness (QED) is 0.295. The van der Waals surface area contributed by atoms with Crippen molar-refractivity contribution in [2.24, 2.45) is 17.8 Å². The van der Waals surface area contributed by atoms with Gasteiger partial charge in [-0.05, 0) is 105 Å². The van der Waals surface area contributed by atoms with Crippen LogP contribution in [0.3, 0.4) is 0 Å². The zero-order valence-electron chi connectivity index (χ0n) is 22.6. The molecule has 3 saturated carbocycles. The molecule has 0 radical (unpaired) electrons. The molecule has 0 N–H and O–H groups in total. The lowest BCUT2D eigenvalue weighted by Crippen LogP contribution is -2.25. The van der Waals surface area contributed by atoms with Crippen molar-refractivity contribution in [2.75, 3.05) is 6.61 Å². The highest BCUT2D eigenvalue weighted by Gasteiger charge is 2.26. The van der Waals surface area contributed by atoms with Crippen LogP contribution in [0.2, 0.25) is 0 Å². The van der Waals surface area contributed by atoms with E-state index in [2.05, 4.69) is 38.1 Å². The van der Waals surface area contributed by atoms with Gasteiger partial charge in [-0.2, -0.15) is 0 Å². The molecule has 1 aromatic carbocycles. The first-order valence-corrected chi connectivity index (χ1v) is 15.5. The van der Waals surface area contributed by atoms with Gasteiger partial charge in [-0.3, -0.25) is 0 Å². The molecule has 1 nitrogen and oxygen atoms in total. The lowest BCUT2D eigenvalue weighted by atomic mass is 9.76. The molecule has 0 spiro atoms. The maximum absolute atomic E-state index is 6.44. The fourth-order valence-electron chi connectivity index (χ4n) is 7.44. The molecule has 192 valence electrons. The van der Waals surface area contributed by atoms with E-state index in [0.717, 1.165) is 36.2 Å². The van der Waals surface area contributed by atoms with Crippen molar-refractivity contribution in [2.45, 2.75) is 147 Å². The fraction of sp³-hybridized carbons (Fsp3) is 0.818. The summed E-state index contributed by atoms with van der Waals surface area (Å²) in [4.78, 5) is 0. The molecule has 1 aromatic rings. The Morgan fingerprint density at radius 3 is 1.62 bits per heavy atom. The van der Waals surface area contributed by atoms with Gasteiger partial charge in [-0.15, -0.1) is 0 Å². The number of hydrogen-bond donors (Lipinski definition) is 0. The number of rotatable bonds is 11. The Balaban J connectivity index is 1.13. The van der Waals surface area contributed by atoms with Crippen LogP contribution >= 0.6 is 0 Å². The Bertz CT molecular complexity index is 654. The van der Waals surface area contributed by atoms with E-state index in [1.165, 1.54) is 116 Å². The second kappa shape index (κ2) is 14.1. The van der Waals surface area contributed by atoms with E-state index in [0.29, 0.717) is 6.10 Å². The molecule has 0 saturated heterocycles. The van der Waals surface area contributed by atoms with Crippen molar-refractivity contribution in [3.63, 3.8) is 0 Å². The zero-order chi connectivity index (χ0) is 23.6. The summed E-state index contributed by atoms with van der Waals surface area (Å²) in [6.45, 7) is 5.69. The van der Waals surface area contributed by atoms with Crippen molar-refractivity contribution in [1.29, 1.82) is 0 Å². The second-order valence-corrected chi connectivity index (χ2v) is 12.4. The average Bonchev–Trinajstić information content (AvgIpc) is 2.89. The molecule has 0 bridgehead atoms. The minimum Gasteiger partial charge on any atom is -0.378 e. The highest BCUT2D eigenvalue weighted by Crippen LogP contribution is 2.40. The van der Waals surface area contributed by atoms with Crippen molar-refractivity contribution in [3.05, 3.63) is 35.4 Å². The van der Waals surface area contributed by atoms with E-state index in [4.69, 9.17) is 4.74 Å². The molecular weight excluding hydrogens is 412 g/mol. The molecule has 3 aliphatic rings. The van der Waals surface area contributed by atoms with Crippen molar-refractivity contribution >= 4 is 0 Å². The van der Waals surface area contributed by atoms with Gasteiger partial charge in [0.1, 0.15) is 0 Å². The molecule has 1 heteroatoms. The highest BCUT2D eigenvalue weighted by atomic mass is 16.5. The van der Waals surface area contributed by atoms with E-state index in [1.807, 2.05) is 0 Å². The largest absolute Gasteiger partial charge is 0.378 e.